The fraction of sp³-hybridized carbons (Fsp3) is 0.273. The predicted octanol–water partition coefficient (Wildman–Crippen LogP) is 2.33. The number of benzene rings is 2. The maximum atomic E-state index is 14.3. The SMILES string of the molecule is COC1=NCC(c2ccc(F)c(OCc3c(C)cccc3N(C)N)c2)C=C1.NNC=O. The minimum absolute atomic E-state index is 0.0658. The number of hydrazine groups is 2. The van der Waals surface area contributed by atoms with E-state index in [2.05, 4.69) is 10.8 Å². The lowest BCUT2D eigenvalue weighted by atomic mass is 9.97. The first kappa shape index (κ1) is 23.8. The van der Waals surface area contributed by atoms with Crippen LogP contribution in [0.3, 0.4) is 0 Å². The zero-order valence-electron chi connectivity index (χ0n) is 17.8. The molecule has 0 bridgehead atoms. The van der Waals surface area contributed by atoms with E-state index in [9.17, 15) is 4.39 Å². The second-order valence-corrected chi connectivity index (χ2v) is 6.80. The number of amides is 1. The summed E-state index contributed by atoms with van der Waals surface area (Å²) < 4.78 is 25.2. The molecule has 0 radical (unpaired) electrons. The van der Waals surface area contributed by atoms with E-state index in [0.717, 1.165) is 22.4 Å². The Kier molecular flexibility index (Phi) is 8.98. The van der Waals surface area contributed by atoms with Crippen LogP contribution in [-0.2, 0) is 16.1 Å². The topological polar surface area (TPSA) is 115 Å². The van der Waals surface area contributed by atoms with E-state index in [-0.39, 0.29) is 18.3 Å². The predicted molar refractivity (Wildman–Crippen MR) is 119 cm³/mol. The van der Waals surface area contributed by atoms with Gasteiger partial charge in [-0.3, -0.25) is 15.2 Å². The summed E-state index contributed by atoms with van der Waals surface area (Å²) in [5.41, 5.74) is 5.52. The number of hydrogen-bond acceptors (Lipinski definition) is 7. The summed E-state index contributed by atoms with van der Waals surface area (Å²) in [6.45, 7) is 2.78. The number of anilines is 1. The van der Waals surface area contributed by atoms with Crippen molar-refractivity contribution in [2.45, 2.75) is 19.4 Å². The van der Waals surface area contributed by atoms with Gasteiger partial charge in [0, 0.05) is 18.5 Å². The number of nitrogens with one attached hydrogen (secondary N) is 1. The molecule has 5 N–H and O–H groups in total. The molecule has 8 nitrogen and oxygen atoms in total. The van der Waals surface area contributed by atoms with Gasteiger partial charge in [0.15, 0.2) is 11.6 Å². The van der Waals surface area contributed by atoms with E-state index in [1.165, 1.54) is 11.1 Å². The molecule has 0 aromatic heterocycles. The zero-order chi connectivity index (χ0) is 22.8. The summed E-state index contributed by atoms with van der Waals surface area (Å²) in [6, 6.07) is 10.8. The van der Waals surface area contributed by atoms with Gasteiger partial charge in [-0.05, 0) is 42.3 Å². The molecule has 0 saturated carbocycles. The quantitative estimate of drug-likeness (QED) is 0.281. The van der Waals surface area contributed by atoms with E-state index in [1.807, 2.05) is 37.3 Å². The number of carbonyl (C=O) groups excluding carboxylic acids is 1. The van der Waals surface area contributed by atoms with Crippen LogP contribution >= 0.6 is 0 Å². The summed E-state index contributed by atoms with van der Waals surface area (Å²) in [7, 11) is 3.36. The Morgan fingerprint density at radius 3 is 2.68 bits per heavy atom. The number of rotatable bonds is 6. The third-order valence-electron chi connectivity index (χ3n) is 4.71. The Balaban J connectivity index is 0.000000785. The van der Waals surface area contributed by atoms with E-state index >= 15 is 0 Å². The lowest BCUT2D eigenvalue weighted by Gasteiger charge is -2.20. The summed E-state index contributed by atoms with van der Waals surface area (Å²) >= 11 is 0. The minimum atomic E-state index is -0.393. The molecule has 1 aliphatic rings. The van der Waals surface area contributed by atoms with Crippen LogP contribution in [0.15, 0.2) is 53.5 Å². The van der Waals surface area contributed by atoms with Gasteiger partial charge < -0.3 is 14.5 Å². The molecule has 2 aromatic carbocycles. The molecule has 2 aromatic rings. The van der Waals surface area contributed by atoms with Crippen molar-refractivity contribution in [2.24, 2.45) is 16.7 Å². The summed E-state index contributed by atoms with van der Waals surface area (Å²) in [5, 5.41) is 1.54. The fourth-order valence-electron chi connectivity index (χ4n) is 3.07. The molecule has 166 valence electrons. The highest BCUT2D eigenvalue weighted by Crippen LogP contribution is 2.29. The lowest BCUT2D eigenvalue weighted by Crippen LogP contribution is -2.26. The van der Waals surface area contributed by atoms with E-state index in [1.54, 1.807) is 31.7 Å². The Labute approximate surface area is 181 Å². The maximum absolute atomic E-state index is 14.3. The van der Waals surface area contributed by atoms with Gasteiger partial charge >= 0.3 is 0 Å². The first-order chi connectivity index (χ1) is 14.9. The number of halogens is 1. The van der Waals surface area contributed by atoms with E-state index in [4.69, 9.17) is 20.1 Å². The van der Waals surface area contributed by atoms with Gasteiger partial charge in [0.2, 0.25) is 12.3 Å². The third-order valence-corrected chi connectivity index (χ3v) is 4.71. The van der Waals surface area contributed by atoms with Crippen LogP contribution in [0.5, 0.6) is 5.75 Å². The second kappa shape index (κ2) is 11.7. The lowest BCUT2D eigenvalue weighted by molar-refractivity contribution is -0.109. The van der Waals surface area contributed by atoms with Crippen molar-refractivity contribution in [1.82, 2.24) is 5.43 Å². The molecule has 0 aliphatic carbocycles. The second-order valence-electron chi connectivity index (χ2n) is 6.80. The average Bonchev–Trinajstić information content (AvgIpc) is 2.79. The van der Waals surface area contributed by atoms with Crippen molar-refractivity contribution in [3.63, 3.8) is 0 Å². The molecular weight excluding hydrogens is 401 g/mol. The van der Waals surface area contributed by atoms with Crippen LogP contribution in [0.2, 0.25) is 0 Å². The Bertz CT molecular complexity index is 947. The van der Waals surface area contributed by atoms with Crippen molar-refractivity contribution >= 4 is 18.0 Å². The number of methoxy groups -OCH3 is 1. The van der Waals surface area contributed by atoms with Gasteiger partial charge in [-0.15, -0.1) is 0 Å². The number of dihydropyridines is 1. The molecule has 1 amide bonds. The van der Waals surface area contributed by atoms with Crippen LogP contribution in [0.4, 0.5) is 10.1 Å². The monoisotopic (exact) mass is 429 g/mol. The minimum Gasteiger partial charge on any atom is -0.486 e. The highest BCUT2D eigenvalue weighted by Gasteiger charge is 2.16. The number of nitrogens with two attached hydrogens (primary N) is 2. The normalized spacial score (nSPS) is 14.6. The molecule has 0 spiro atoms. The van der Waals surface area contributed by atoms with Gasteiger partial charge in [-0.2, -0.15) is 0 Å². The molecular formula is C22H28FN5O3. The Hall–Kier alpha value is -3.43. The first-order valence-electron chi connectivity index (χ1n) is 9.56. The molecule has 0 saturated heterocycles. The molecule has 1 unspecified atom stereocenters. The van der Waals surface area contributed by atoms with Crippen LogP contribution in [0.25, 0.3) is 0 Å². The Morgan fingerprint density at radius 2 is 2.10 bits per heavy atom. The standard InChI is InChI=1S/C21H24FN3O2.CH4N2O/c1-14-5-4-6-19(25(2)23)17(14)13-27-20-11-15(7-9-18(20)22)16-8-10-21(26-3)24-12-16;2-3-1-4/h4-11,16H,12-13,23H2,1-3H3;1H,2H2,(H,3,4). The maximum Gasteiger partial charge on any atom is 0.221 e. The fourth-order valence-corrected chi connectivity index (χ4v) is 3.07. The highest BCUT2D eigenvalue weighted by atomic mass is 19.1. The van der Waals surface area contributed by atoms with Gasteiger partial charge in [0.05, 0.1) is 19.3 Å². The smallest absolute Gasteiger partial charge is 0.221 e. The molecule has 1 heterocycles. The molecule has 0 fully saturated rings. The largest absolute Gasteiger partial charge is 0.486 e. The summed E-state index contributed by atoms with van der Waals surface area (Å²) in [4.78, 5) is 13.3. The Morgan fingerprint density at radius 1 is 1.35 bits per heavy atom. The van der Waals surface area contributed by atoms with Crippen molar-refractivity contribution in [1.29, 1.82) is 0 Å². The van der Waals surface area contributed by atoms with Gasteiger partial charge in [-0.25, -0.2) is 16.1 Å². The van der Waals surface area contributed by atoms with E-state index in [0.29, 0.717) is 18.9 Å². The van der Waals surface area contributed by atoms with Crippen molar-refractivity contribution in [3.8, 4) is 5.75 Å². The number of carbonyl (C=O) groups is 1. The van der Waals surface area contributed by atoms with Gasteiger partial charge in [0.25, 0.3) is 0 Å². The summed E-state index contributed by atoms with van der Waals surface area (Å²) in [6.07, 6.45) is 4.24. The first-order valence-corrected chi connectivity index (χ1v) is 9.56. The molecule has 1 atom stereocenters. The molecule has 9 heteroatoms. The number of hydrogen-bond donors (Lipinski definition) is 3. The third kappa shape index (κ3) is 6.53. The number of ether oxygens (including phenoxy) is 2. The van der Waals surface area contributed by atoms with Crippen LogP contribution < -0.4 is 26.9 Å². The number of aliphatic imine (C=N–C) groups is 1. The van der Waals surface area contributed by atoms with Crippen LogP contribution in [0, 0.1) is 12.7 Å². The number of aryl methyl sites for hydroxylation is 1. The van der Waals surface area contributed by atoms with Crippen LogP contribution in [-0.4, -0.2) is 33.0 Å². The zero-order valence-corrected chi connectivity index (χ0v) is 17.8. The molecule has 1 aliphatic heterocycles. The average molecular weight is 429 g/mol. The van der Waals surface area contributed by atoms with Crippen molar-refractivity contribution in [2.75, 3.05) is 25.7 Å². The van der Waals surface area contributed by atoms with Crippen LogP contribution in [0.1, 0.15) is 22.6 Å². The molecule has 31 heavy (non-hydrogen) atoms. The van der Waals surface area contributed by atoms with Gasteiger partial charge in [0.1, 0.15) is 6.61 Å². The van der Waals surface area contributed by atoms with Gasteiger partial charge in [-0.1, -0.05) is 24.3 Å². The van der Waals surface area contributed by atoms with Crippen molar-refractivity contribution < 1.29 is 18.7 Å². The molecule has 3 rings (SSSR count). The van der Waals surface area contributed by atoms with Crippen molar-refractivity contribution in [3.05, 3.63) is 71.1 Å². The number of nitrogens with zero attached hydrogens (tertiary/aromatic N) is 2. The highest BCUT2D eigenvalue weighted by molar-refractivity contribution is 5.88. The summed E-state index contributed by atoms with van der Waals surface area (Å²) in [5.74, 6) is 10.8. The van der Waals surface area contributed by atoms with E-state index < -0.39 is 5.82 Å².